The van der Waals surface area contributed by atoms with Gasteiger partial charge in [-0.05, 0) is 25.5 Å². The smallest absolute Gasteiger partial charge is 0.294 e. The van der Waals surface area contributed by atoms with Crippen molar-refractivity contribution < 1.29 is 9.90 Å². The van der Waals surface area contributed by atoms with E-state index < -0.39 is 0 Å². The van der Waals surface area contributed by atoms with E-state index in [-0.39, 0.29) is 39.9 Å². The predicted octanol–water partition coefficient (Wildman–Crippen LogP) is 0.679. The molecule has 3 rings (SSSR count). The molecule has 0 radical (unpaired) electrons. The molecule has 1 aliphatic heterocycles. The molecule has 0 spiro atoms. The van der Waals surface area contributed by atoms with E-state index in [2.05, 4.69) is 4.99 Å². The van der Waals surface area contributed by atoms with Crippen LogP contribution >= 0.6 is 0 Å². The third-order valence-corrected chi connectivity index (χ3v) is 3.58. The number of aliphatic imine (C=N–C) groups is 1. The largest absolute Gasteiger partial charge is 0.505 e. The van der Waals surface area contributed by atoms with Crippen LogP contribution in [0.5, 0.6) is 0 Å². The molecule has 0 bridgehead atoms. The molecular weight excluding hydrogens is 260 g/mol. The maximum atomic E-state index is 12.2. The van der Waals surface area contributed by atoms with Crippen molar-refractivity contribution in [3.63, 3.8) is 0 Å². The Morgan fingerprint density at radius 3 is 2.65 bits per heavy atom. The van der Waals surface area contributed by atoms with Gasteiger partial charge >= 0.3 is 0 Å². The van der Waals surface area contributed by atoms with Crippen LogP contribution in [-0.2, 0) is 17.9 Å². The molecule has 1 aromatic rings. The third kappa shape index (κ3) is 1.63. The molecule has 20 heavy (non-hydrogen) atoms. The lowest BCUT2D eigenvalue weighted by atomic mass is 10.0. The van der Waals surface area contributed by atoms with E-state index in [1.807, 2.05) is 0 Å². The summed E-state index contributed by atoms with van der Waals surface area (Å²) in [4.78, 5) is 27.7. The fraction of sp³-hybridized carbons (Fsp3) is 0.308. The lowest BCUT2D eigenvalue weighted by Crippen LogP contribution is -2.17. The van der Waals surface area contributed by atoms with Crippen molar-refractivity contribution >= 4 is 23.0 Å². The van der Waals surface area contributed by atoms with Gasteiger partial charge in [0.2, 0.25) is 0 Å². The van der Waals surface area contributed by atoms with E-state index >= 15 is 0 Å². The average Bonchev–Trinajstić information content (AvgIpc) is 2.99. The van der Waals surface area contributed by atoms with Crippen molar-refractivity contribution in [2.75, 3.05) is 5.73 Å². The Balaban J connectivity index is 2.13. The van der Waals surface area contributed by atoms with E-state index in [4.69, 9.17) is 5.73 Å². The number of carbonyl (C=O) groups is 1. The van der Waals surface area contributed by atoms with Crippen LogP contribution in [0.1, 0.15) is 13.3 Å². The average molecular weight is 274 g/mol. The number of fused-ring (bicyclic) bond motifs is 1. The number of hydrogen-bond donors (Lipinski definition) is 2. The van der Waals surface area contributed by atoms with Gasteiger partial charge in [-0.1, -0.05) is 0 Å². The van der Waals surface area contributed by atoms with Gasteiger partial charge in [-0.25, -0.2) is 9.67 Å². The summed E-state index contributed by atoms with van der Waals surface area (Å²) in [6.07, 6.45) is 3.57. The van der Waals surface area contributed by atoms with E-state index in [1.54, 1.807) is 9.36 Å². The minimum absolute atomic E-state index is 0.109. The first kappa shape index (κ1) is 12.5. The molecule has 0 amide bonds. The number of aliphatic hydroxyl groups is 1. The molecule has 7 nitrogen and oxygen atoms in total. The zero-order valence-corrected chi connectivity index (χ0v) is 11.0. The number of anilines is 1. The minimum atomic E-state index is -0.275. The number of hydrogen-bond acceptors (Lipinski definition) is 5. The standard InChI is InChI=1S/C13H14N4O3/c1-7-9(18)4-3-8(11(7)19)15-10-12(14)16-5-2-6-17(16)13(10)20/h3-4,19H,2,5-6,14H2,1H3. The van der Waals surface area contributed by atoms with Gasteiger partial charge in [-0.15, -0.1) is 0 Å². The maximum Gasteiger partial charge on any atom is 0.294 e. The zero-order valence-electron chi connectivity index (χ0n) is 11.0. The Morgan fingerprint density at radius 1 is 1.25 bits per heavy atom. The number of rotatable bonds is 1. The van der Waals surface area contributed by atoms with Crippen LogP contribution in [-0.4, -0.2) is 26.0 Å². The van der Waals surface area contributed by atoms with Gasteiger partial charge < -0.3 is 10.8 Å². The van der Waals surface area contributed by atoms with Gasteiger partial charge in [-0.2, -0.15) is 0 Å². The predicted molar refractivity (Wildman–Crippen MR) is 74.3 cm³/mol. The summed E-state index contributed by atoms with van der Waals surface area (Å²) < 4.78 is 3.23. The van der Waals surface area contributed by atoms with Crippen LogP contribution in [0.2, 0.25) is 0 Å². The van der Waals surface area contributed by atoms with E-state index in [0.717, 1.165) is 6.42 Å². The van der Waals surface area contributed by atoms with Crippen LogP contribution in [0.3, 0.4) is 0 Å². The summed E-state index contributed by atoms with van der Waals surface area (Å²) in [5.41, 5.74) is 6.14. The fourth-order valence-corrected chi connectivity index (χ4v) is 2.41. The third-order valence-electron chi connectivity index (χ3n) is 3.58. The van der Waals surface area contributed by atoms with Gasteiger partial charge in [0, 0.05) is 18.7 Å². The summed E-state index contributed by atoms with van der Waals surface area (Å²) in [7, 11) is 0. The molecule has 7 heteroatoms. The molecule has 0 aromatic carbocycles. The van der Waals surface area contributed by atoms with Crippen LogP contribution in [0.25, 0.3) is 0 Å². The Hall–Kier alpha value is -2.57. The van der Waals surface area contributed by atoms with Crippen LogP contribution in [0.15, 0.2) is 33.3 Å². The van der Waals surface area contributed by atoms with Crippen molar-refractivity contribution in [2.45, 2.75) is 26.4 Å². The number of nitrogen functional groups attached to an aromatic ring is 1. The van der Waals surface area contributed by atoms with E-state index in [9.17, 15) is 14.7 Å². The maximum absolute atomic E-state index is 12.2. The highest BCUT2D eigenvalue weighted by Gasteiger charge is 2.23. The summed E-state index contributed by atoms with van der Waals surface area (Å²) in [5.74, 6) is -0.200. The number of ketones is 1. The first-order chi connectivity index (χ1) is 9.50. The molecular formula is C13H14N4O3. The second-order valence-electron chi connectivity index (χ2n) is 4.81. The molecule has 1 aliphatic carbocycles. The molecule has 0 saturated carbocycles. The van der Waals surface area contributed by atoms with Gasteiger partial charge in [0.15, 0.2) is 17.3 Å². The molecule has 0 unspecified atom stereocenters. The second kappa shape index (κ2) is 4.22. The fourth-order valence-electron chi connectivity index (χ4n) is 2.41. The van der Waals surface area contributed by atoms with E-state index in [0.29, 0.717) is 13.1 Å². The van der Waals surface area contributed by atoms with Gasteiger partial charge in [0.25, 0.3) is 5.56 Å². The molecule has 0 fully saturated rings. The van der Waals surface area contributed by atoms with Crippen LogP contribution in [0, 0.1) is 0 Å². The van der Waals surface area contributed by atoms with Gasteiger partial charge in [0.05, 0.1) is 0 Å². The highest BCUT2D eigenvalue weighted by atomic mass is 16.3. The lowest BCUT2D eigenvalue weighted by Gasteiger charge is -2.08. The lowest BCUT2D eigenvalue weighted by molar-refractivity contribution is -0.111. The van der Waals surface area contributed by atoms with Crippen molar-refractivity contribution in [2.24, 2.45) is 4.99 Å². The van der Waals surface area contributed by atoms with Gasteiger partial charge in [-0.3, -0.25) is 14.3 Å². The normalized spacial score (nSPS) is 20.1. The molecule has 3 N–H and O–H groups in total. The Bertz CT molecular complexity index is 761. The first-order valence-electron chi connectivity index (χ1n) is 6.31. The minimum Gasteiger partial charge on any atom is -0.505 e. The number of carbonyl (C=O) groups excluding carboxylic acids is 1. The highest BCUT2D eigenvalue weighted by molar-refractivity contribution is 6.21. The number of nitrogens with zero attached hydrogens (tertiary/aromatic N) is 3. The van der Waals surface area contributed by atoms with Crippen molar-refractivity contribution in [3.05, 3.63) is 33.8 Å². The summed E-state index contributed by atoms with van der Waals surface area (Å²) in [6, 6.07) is 0. The van der Waals surface area contributed by atoms with E-state index in [1.165, 1.54) is 19.1 Å². The molecule has 2 aliphatic rings. The van der Waals surface area contributed by atoms with Crippen molar-refractivity contribution in [3.8, 4) is 0 Å². The monoisotopic (exact) mass is 274 g/mol. The Kier molecular flexibility index (Phi) is 2.63. The highest BCUT2D eigenvalue weighted by Crippen LogP contribution is 2.24. The molecule has 2 heterocycles. The topological polar surface area (TPSA) is 103 Å². The van der Waals surface area contributed by atoms with Crippen LogP contribution in [0.4, 0.5) is 11.5 Å². The number of aromatic nitrogens is 2. The Morgan fingerprint density at radius 2 is 1.95 bits per heavy atom. The number of nitrogens with two attached hydrogens (primary N) is 1. The number of allylic oxidation sites excluding steroid dienone is 3. The Labute approximate surface area is 114 Å². The summed E-state index contributed by atoms with van der Waals surface area (Å²) in [5, 5.41) is 9.92. The molecule has 104 valence electrons. The molecule has 0 atom stereocenters. The van der Waals surface area contributed by atoms with Crippen molar-refractivity contribution in [1.82, 2.24) is 9.36 Å². The summed E-state index contributed by atoms with van der Waals surface area (Å²) in [6.45, 7) is 2.80. The first-order valence-corrected chi connectivity index (χ1v) is 6.31. The van der Waals surface area contributed by atoms with Crippen LogP contribution < -0.4 is 11.3 Å². The quantitative estimate of drug-likeness (QED) is 0.735. The second-order valence-corrected chi connectivity index (χ2v) is 4.81. The number of aliphatic hydroxyl groups excluding tert-OH is 1. The SMILES string of the molecule is CC1=C(O)C(=Nc2c(N)n3n(c2=O)CCC3)C=CC1=O. The molecule has 1 aromatic heterocycles. The van der Waals surface area contributed by atoms with Crippen molar-refractivity contribution in [1.29, 1.82) is 0 Å². The molecule has 0 saturated heterocycles. The summed E-state index contributed by atoms with van der Waals surface area (Å²) >= 11 is 0. The zero-order chi connectivity index (χ0) is 14.4. The van der Waals surface area contributed by atoms with Gasteiger partial charge in [0.1, 0.15) is 11.5 Å².